The number of anilines is 1. The molecule has 1 amide bonds. The van der Waals surface area contributed by atoms with E-state index in [2.05, 4.69) is 10.3 Å². The molecule has 0 radical (unpaired) electrons. The van der Waals surface area contributed by atoms with Gasteiger partial charge < -0.3 is 15.2 Å². The van der Waals surface area contributed by atoms with E-state index in [1.807, 2.05) is 0 Å². The van der Waals surface area contributed by atoms with Crippen LogP contribution in [0.5, 0.6) is 5.75 Å². The highest BCUT2D eigenvalue weighted by molar-refractivity contribution is 7.09. The normalized spacial score (nSPS) is 17.3. The van der Waals surface area contributed by atoms with Gasteiger partial charge in [0.05, 0.1) is 12.5 Å². The Morgan fingerprint density at radius 2 is 2.07 bits per heavy atom. The Kier molecular flexibility index (Phi) is 5.95. The molecular formula is C19H21F3N2O3S. The van der Waals surface area contributed by atoms with Gasteiger partial charge in [0.15, 0.2) is 0 Å². The van der Waals surface area contributed by atoms with E-state index in [1.165, 1.54) is 12.3 Å². The minimum Gasteiger partial charge on any atom is -0.490 e. The van der Waals surface area contributed by atoms with Crippen LogP contribution in [-0.4, -0.2) is 28.3 Å². The quantitative estimate of drug-likeness (QED) is 0.727. The van der Waals surface area contributed by atoms with E-state index in [9.17, 15) is 23.1 Å². The summed E-state index contributed by atoms with van der Waals surface area (Å²) in [5.74, 6) is -0.419. The molecule has 3 rings (SSSR count). The third-order valence-corrected chi connectivity index (χ3v) is 5.69. The van der Waals surface area contributed by atoms with Gasteiger partial charge in [-0.3, -0.25) is 4.79 Å². The minimum atomic E-state index is -5.04. The second-order valence-electron chi connectivity index (χ2n) is 6.93. The van der Waals surface area contributed by atoms with Crippen LogP contribution in [-0.2, 0) is 10.4 Å². The minimum absolute atomic E-state index is 0.120. The van der Waals surface area contributed by atoms with Crippen molar-refractivity contribution in [1.29, 1.82) is 0 Å². The molecule has 0 aliphatic heterocycles. The first-order valence-corrected chi connectivity index (χ1v) is 9.83. The van der Waals surface area contributed by atoms with Crippen molar-refractivity contribution in [2.75, 3.05) is 5.32 Å². The maximum absolute atomic E-state index is 13.5. The predicted octanol–water partition coefficient (Wildman–Crippen LogP) is 4.55. The fourth-order valence-corrected chi connectivity index (χ4v) is 4.04. The van der Waals surface area contributed by atoms with E-state index >= 15 is 0 Å². The van der Waals surface area contributed by atoms with Crippen LogP contribution in [0.4, 0.5) is 18.9 Å². The van der Waals surface area contributed by atoms with Crippen LogP contribution in [0.25, 0.3) is 0 Å². The van der Waals surface area contributed by atoms with Gasteiger partial charge in [0.25, 0.3) is 0 Å². The number of aryl methyl sites for hydroxylation is 1. The second-order valence-corrected chi connectivity index (χ2v) is 7.79. The van der Waals surface area contributed by atoms with E-state index in [0.29, 0.717) is 28.5 Å². The van der Waals surface area contributed by atoms with Crippen LogP contribution in [0, 0.1) is 6.92 Å². The van der Waals surface area contributed by atoms with E-state index in [4.69, 9.17) is 4.74 Å². The number of nitrogens with one attached hydrogen (secondary N) is 1. The Morgan fingerprint density at radius 1 is 1.36 bits per heavy atom. The van der Waals surface area contributed by atoms with E-state index < -0.39 is 29.1 Å². The Bertz CT molecular complexity index is 834. The predicted molar refractivity (Wildman–Crippen MR) is 99.4 cm³/mol. The first-order valence-electron chi connectivity index (χ1n) is 8.96. The number of nitrogens with zero attached hydrogens (tertiary/aromatic N) is 1. The van der Waals surface area contributed by atoms with Crippen molar-refractivity contribution in [3.05, 3.63) is 40.3 Å². The summed E-state index contributed by atoms with van der Waals surface area (Å²) in [6.07, 6.45) is -1.97. The standard InChI is InChI=1S/C19H21F3N2O3S/c1-12-11-28-17(23-12)18(26,19(20,21)22)10-16(25)24-13-5-4-8-15(9-13)27-14-6-2-3-7-14/h4-5,8-9,11,14,26H,2-3,6-7,10H2,1H3,(H,24,25). The van der Waals surface area contributed by atoms with Gasteiger partial charge >= 0.3 is 6.18 Å². The topological polar surface area (TPSA) is 71.5 Å². The van der Waals surface area contributed by atoms with Gasteiger partial charge in [0, 0.05) is 22.8 Å². The van der Waals surface area contributed by atoms with E-state index in [0.717, 1.165) is 25.7 Å². The molecule has 1 aromatic carbocycles. The number of thiazole rings is 1. The molecule has 0 saturated heterocycles. The summed E-state index contributed by atoms with van der Waals surface area (Å²) in [6.45, 7) is 1.52. The van der Waals surface area contributed by atoms with Crippen molar-refractivity contribution in [3.8, 4) is 5.75 Å². The number of rotatable bonds is 6. The van der Waals surface area contributed by atoms with Gasteiger partial charge in [0.2, 0.25) is 11.5 Å². The lowest BCUT2D eigenvalue weighted by Crippen LogP contribution is -2.45. The Morgan fingerprint density at radius 3 is 2.68 bits per heavy atom. The van der Waals surface area contributed by atoms with Crippen molar-refractivity contribution in [2.45, 2.75) is 56.9 Å². The number of aliphatic hydroxyl groups is 1. The molecule has 1 atom stereocenters. The summed E-state index contributed by atoms with van der Waals surface area (Å²) in [5.41, 5.74) is -2.69. The number of alkyl halides is 3. The molecule has 9 heteroatoms. The Hall–Kier alpha value is -2.13. The lowest BCUT2D eigenvalue weighted by molar-refractivity contribution is -0.266. The molecule has 1 saturated carbocycles. The zero-order valence-electron chi connectivity index (χ0n) is 15.3. The Labute approximate surface area is 164 Å². The van der Waals surface area contributed by atoms with Crippen LogP contribution < -0.4 is 10.1 Å². The molecule has 1 unspecified atom stereocenters. The highest BCUT2D eigenvalue weighted by atomic mass is 32.1. The van der Waals surface area contributed by atoms with Crippen molar-refractivity contribution < 1.29 is 27.8 Å². The van der Waals surface area contributed by atoms with Gasteiger partial charge in [0.1, 0.15) is 10.8 Å². The number of benzene rings is 1. The number of hydrogen-bond donors (Lipinski definition) is 2. The van der Waals surface area contributed by atoms with Crippen LogP contribution in [0.1, 0.15) is 42.8 Å². The largest absolute Gasteiger partial charge is 0.490 e. The fourth-order valence-electron chi connectivity index (χ4n) is 3.12. The molecule has 1 fully saturated rings. The first-order chi connectivity index (χ1) is 13.2. The number of halogens is 3. The lowest BCUT2D eigenvalue weighted by Gasteiger charge is -2.27. The number of amides is 1. The van der Waals surface area contributed by atoms with Gasteiger partial charge in [-0.25, -0.2) is 4.98 Å². The maximum Gasteiger partial charge on any atom is 0.424 e. The molecule has 152 valence electrons. The lowest BCUT2D eigenvalue weighted by atomic mass is 9.99. The molecule has 5 nitrogen and oxygen atoms in total. The van der Waals surface area contributed by atoms with Crippen molar-refractivity contribution >= 4 is 22.9 Å². The van der Waals surface area contributed by atoms with Crippen LogP contribution in [0.15, 0.2) is 29.6 Å². The molecule has 0 bridgehead atoms. The second kappa shape index (κ2) is 8.08. The Balaban J connectivity index is 1.71. The number of carbonyl (C=O) groups excluding carboxylic acids is 1. The zero-order chi connectivity index (χ0) is 20.4. The number of carbonyl (C=O) groups is 1. The molecule has 1 aliphatic rings. The average Bonchev–Trinajstić information content (AvgIpc) is 3.25. The van der Waals surface area contributed by atoms with Gasteiger partial charge in [-0.2, -0.15) is 13.2 Å². The highest BCUT2D eigenvalue weighted by Crippen LogP contribution is 2.43. The number of aromatic nitrogens is 1. The molecule has 1 aliphatic carbocycles. The molecular weight excluding hydrogens is 393 g/mol. The van der Waals surface area contributed by atoms with Crippen molar-refractivity contribution in [2.24, 2.45) is 0 Å². The van der Waals surface area contributed by atoms with Crippen LogP contribution in [0.3, 0.4) is 0 Å². The first kappa shape index (κ1) is 20.6. The summed E-state index contributed by atoms with van der Waals surface area (Å²) in [6, 6.07) is 6.51. The molecule has 1 aromatic heterocycles. The number of hydrogen-bond acceptors (Lipinski definition) is 5. The van der Waals surface area contributed by atoms with Gasteiger partial charge in [-0.1, -0.05) is 6.07 Å². The molecule has 0 spiro atoms. The van der Waals surface area contributed by atoms with E-state index in [1.54, 1.807) is 24.3 Å². The fraction of sp³-hybridized carbons (Fsp3) is 0.474. The van der Waals surface area contributed by atoms with Crippen LogP contribution >= 0.6 is 11.3 Å². The van der Waals surface area contributed by atoms with Crippen molar-refractivity contribution in [3.63, 3.8) is 0 Å². The highest BCUT2D eigenvalue weighted by Gasteiger charge is 2.58. The smallest absolute Gasteiger partial charge is 0.424 e. The maximum atomic E-state index is 13.5. The summed E-state index contributed by atoms with van der Waals surface area (Å²) in [5, 5.41) is 13.5. The SMILES string of the molecule is Cc1csc(C(O)(CC(=O)Nc2cccc(OC3CCCC3)c2)C(F)(F)F)n1. The van der Waals surface area contributed by atoms with Gasteiger partial charge in [-0.05, 0) is 44.7 Å². The number of ether oxygens (including phenoxy) is 1. The zero-order valence-corrected chi connectivity index (χ0v) is 16.1. The summed E-state index contributed by atoms with van der Waals surface area (Å²) in [4.78, 5) is 16.0. The van der Waals surface area contributed by atoms with Gasteiger partial charge in [-0.15, -0.1) is 11.3 Å². The van der Waals surface area contributed by atoms with Crippen molar-refractivity contribution in [1.82, 2.24) is 4.98 Å². The van der Waals surface area contributed by atoms with Crippen LogP contribution in [0.2, 0.25) is 0 Å². The third kappa shape index (κ3) is 4.64. The molecule has 2 N–H and O–H groups in total. The van der Waals surface area contributed by atoms with E-state index in [-0.39, 0.29) is 6.10 Å². The third-order valence-electron chi connectivity index (χ3n) is 4.58. The summed E-state index contributed by atoms with van der Waals surface area (Å²) < 4.78 is 46.4. The summed E-state index contributed by atoms with van der Waals surface area (Å²) >= 11 is 0.671. The summed E-state index contributed by atoms with van der Waals surface area (Å²) in [7, 11) is 0. The molecule has 28 heavy (non-hydrogen) atoms. The molecule has 2 aromatic rings. The monoisotopic (exact) mass is 414 g/mol. The molecule has 1 heterocycles. The average molecular weight is 414 g/mol.